The first kappa shape index (κ1) is 9.00. The van der Waals surface area contributed by atoms with E-state index in [2.05, 4.69) is 28.6 Å². The molecule has 2 heteroatoms. The van der Waals surface area contributed by atoms with E-state index in [0.29, 0.717) is 0 Å². The van der Waals surface area contributed by atoms with Crippen LogP contribution in [0.2, 0.25) is 0 Å². The molecule has 1 heterocycles. The molecule has 0 bridgehead atoms. The number of hydrogen-bond donors (Lipinski definition) is 0. The summed E-state index contributed by atoms with van der Waals surface area (Å²) < 4.78 is 0. The number of rotatable bonds is 2. The van der Waals surface area contributed by atoms with Crippen LogP contribution in [0, 0.1) is 0 Å². The fraction of sp³-hybridized carbons (Fsp3) is 0.250. The van der Waals surface area contributed by atoms with E-state index >= 15 is 0 Å². The van der Waals surface area contributed by atoms with Gasteiger partial charge in [-0.15, -0.1) is 0 Å². The molecule has 1 aromatic carbocycles. The number of benzene rings is 1. The summed E-state index contributed by atoms with van der Waals surface area (Å²) in [7, 11) is 0. The van der Waals surface area contributed by atoms with Gasteiger partial charge in [0.25, 0.3) is 0 Å². The fourth-order valence-corrected chi connectivity index (χ4v) is 1.62. The predicted molar refractivity (Wildman–Crippen MR) is 59.8 cm³/mol. The summed E-state index contributed by atoms with van der Waals surface area (Å²) in [6.07, 6.45) is 1.90. The Hall–Kier alpha value is -1.57. The van der Waals surface area contributed by atoms with Crippen molar-refractivity contribution in [3.05, 3.63) is 42.0 Å². The van der Waals surface area contributed by atoms with Crippen molar-refractivity contribution in [1.82, 2.24) is 4.90 Å². The van der Waals surface area contributed by atoms with Gasteiger partial charge in [0.05, 0.1) is 12.0 Å². The van der Waals surface area contributed by atoms with E-state index in [0.717, 1.165) is 24.4 Å². The Morgan fingerprint density at radius 1 is 1.50 bits per heavy atom. The Kier molecular flexibility index (Phi) is 2.35. The fourth-order valence-electron chi connectivity index (χ4n) is 1.62. The first-order chi connectivity index (χ1) is 6.75. The van der Waals surface area contributed by atoms with Crippen molar-refractivity contribution in [2.75, 3.05) is 6.54 Å². The third-order valence-corrected chi connectivity index (χ3v) is 2.20. The van der Waals surface area contributed by atoms with E-state index in [1.54, 1.807) is 0 Å². The van der Waals surface area contributed by atoms with Gasteiger partial charge in [0.15, 0.2) is 0 Å². The SMILES string of the molecule is C=C(C)CN1C=Nc2ccccc2C1. The lowest BCUT2D eigenvalue weighted by Gasteiger charge is -2.24. The standard InChI is InChI=1S/C12H14N2/c1-10(2)7-14-8-11-5-3-4-6-12(11)13-9-14/h3-6,9H,1,7-8H2,2H3. The smallest absolute Gasteiger partial charge is 0.0918 e. The van der Waals surface area contributed by atoms with Crippen molar-refractivity contribution in [2.24, 2.45) is 4.99 Å². The molecule has 0 amide bonds. The van der Waals surface area contributed by atoms with Gasteiger partial charge >= 0.3 is 0 Å². The molecular weight excluding hydrogens is 172 g/mol. The highest BCUT2D eigenvalue weighted by molar-refractivity contribution is 5.66. The zero-order valence-electron chi connectivity index (χ0n) is 8.40. The number of hydrogen-bond acceptors (Lipinski definition) is 2. The van der Waals surface area contributed by atoms with Crippen molar-refractivity contribution in [3.63, 3.8) is 0 Å². The van der Waals surface area contributed by atoms with E-state index < -0.39 is 0 Å². The minimum atomic E-state index is 0.887. The van der Waals surface area contributed by atoms with Crippen molar-refractivity contribution < 1.29 is 0 Å². The van der Waals surface area contributed by atoms with Gasteiger partial charge in [-0.05, 0) is 18.6 Å². The number of nitrogens with zero attached hydrogens (tertiary/aromatic N) is 2. The summed E-state index contributed by atoms with van der Waals surface area (Å²) in [6.45, 7) is 7.76. The monoisotopic (exact) mass is 186 g/mol. The van der Waals surface area contributed by atoms with Crippen LogP contribution in [0.1, 0.15) is 12.5 Å². The van der Waals surface area contributed by atoms with E-state index in [9.17, 15) is 0 Å². The molecule has 2 nitrogen and oxygen atoms in total. The average molecular weight is 186 g/mol. The molecule has 0 spiro atoms. The van der Waals surface area contributed by atoms with Crippen LogP contribution >= 0.6 is 0 Å². The van der Waals surface area contributed by atoms with Gasteiger partial charge < -0.3 is 4.90 Å². The summed E-state index contributed by atoms with van der Waals surface area (Å²) in [5.41, 5.74) is 3.54. The van der Waals surface area contributed by atoms with Crippen LogP contribution in [0.3, 0.4) is 0 Å². The quantitative estimate of drug-likeness (QED) is 0.648. The van der Waals surface area contributed by atoms with Gasteiger partial charge in [-0.25, -0.2) is 4.99 Å². The summed E-state index contributed by atoms with van der Waals surface area (Å²) >= 11 is 0. The summed E-state index contributed by atoms with van der Waals surface area (Å²) in [6, 6.07) is 8.24. The van der Waals surface area contributed by atoms with Crippen molar-refractivity contribution in [3.8, 4) is 0 Å². The number of fused-ring (bicyclic) bond motifs is 1. The topological polar surface area (TPSA) is 15.6 Å². The second-order valence-corrected chi connectivity index (χ2v) is 3.74. The first-order valence-corrected chi connectivity index (χ1v) is 4.76. The minimum absolute atomic E-state index is 0.887. The van der Waals surface area contributed by atoms with E-state index in [1.807, 2.05) is 25.4 Å². The first-order valence-electron chi connectivity index (χ1n) is 4.76. The molecule has 0 aliphatic carbocycles. The second-order valence-electron chi connectivity index (χ2n) is 3.74. The molecule has 0 unspecified atom stereocenters. The van der Waals surface area contributed by atoms with Crippen LogP contribution in [0.15, 0.2) is 41.4 Å². The Morgan fingerprint density at radius 3 is 3.07 bits per heavy atom. The third-order valence-electron chi connectivity index (χ3n) is 2.20. The predicted octanol–water partition coefficient (Wildman–Crippen LogP) is 2.74. The lowest BCUT2D eigenvalue weighted by atomic mass is 10.1. The lowest BCUT2D eigenvalue weighted by Crippen LogP contribution is -2.25. The zero-order valence-corrected chi connectivity index (χ0v) is 8.40. The molecule has 72 valence electrons. The van der Waals surface area contributed by atoms with E-state index in [4.69, 9.17) is 0 Å². The van der Waals surface area contributed by atoms with E-state index in [1.165, 1.54) is 5.56 Å². The van der Waals surface area contributed by atoms with Gasteiger partial charge in [-0.3, -0.25) is 0 Å². The molecule has 1 aliphatic rings. The molecule has 14 heavy (non-hydrogen) atoms. The van der Waals surface area contributed by atoms with Gasteiger partial charge in [0.1, 0.15) is 0 Å². The molecule has 0 fully saturated rings. The van der Waals surface area contributed by atoms with Crippen LogP contribution in [0.4, 0.5) is 5.69 Å². The molecule has 0 saturated carbocycles. The molecule has 0 aromatic heterocycles. The molecule has 1 aromatic rings. The van der Waals surface area contributed by atoms with Crippen molar-refractivity contribution >= 4 is 12.0 Å². The van der Waals surface area contributed by atoms with Crippen LogP contribution in [-0.2, 0) is 6.54 Å². The van der Waals surface area contributed by atoms with Crippen LogP contribution in [0.25, 0.3) is 0 Å². The maximum Gasteiger partial charge on any atom is 0.0918 e. The zero-order chi connectivity index (χ0) is 9.97. The highest BCUT2D eigenvalue weighted by atomic mass is 15.2. The van der Waals surface area contributed by atoms with Gasteiger partial charge in [0.2, 0.25) is 0 Å². The highest BCUT2D eigenvalue weighted by Crippen LogP contribution is 2.23. The highest BCUT2D eigenvalue weighted by Gasteiger charge is 2.10. The Labute approximate surface area is 84.6 Å². The second kappa shape index (κ2) is 3.66. The molecule has 0 radical (unpaired) electrons. The largest absolute Gasteiger partial charge is 0.354 e. The molecule has 2 rings (SSSR count). The Bertz CT molecular complexity index is 380. The van der Waals surface area contributed by atoms with Gasteiger partial charge in [-0.1, -0.05) is 30.4 Å². The molecule has 0 N–H and O–H groups in total. The maximum atomic E-state index is 4.39. The van der Waals surface area contributed by atoms with Crippen molar-refractivity contribution in [2.45, 2.75) is 13.5 Å². The molecular formula is C12H14N2. The Balaban J connectivity index is 2.17. The molecule has 0 saturated heterocycles. The van der Waals surface area contributed by atoms with Crippen LogP contribution < -0.4 is 0 Å². The van der Waals surface area contributed by atoms with Gasteiger partial charge in [-0.2, -0.15) is 0 Å². The normalized spacial score (nSPS) is 13.9. The number of aliphatic imine (C=N–C) groups is 1. The van der Waals surface area contributed by atoms with Crippen molar-refractivity contribution in [1.29, 1.82) is 0 Å². The van der Waals surface area contributed by atoms with Crippen LogP contribution in [0.5, 0.6) is 0 Å². The molecule has 1 aliphatic heterocycles. The average Bonchev–Trinajstić information content (AvgIpc) is 2.17. The maximum absolute atomic E-state index is 4.39. The number of para-hydroxylation sites is 1. The summed E-state index contributed by atoms with van der Waals surface area (Å²) in [5, 5.41) is 0. The minimum Gasteiger partial charge on any atom is -0.354 e. The lowest BCUT2D eigenvalue weighted by molar-refractivity contribution is 0.454. The van der Waals surface area contributed by atoms with Crippen LogP contribution in [-0.4, -0.2) is 17.8 Å². The third kappa shape index (κ3) is 1.84. The summed E-state index contributed by atoms with van der Waals surface area (Å²) in [5.74, 6) is 0. The molecule has 0 atom stereocenters. The van der Waals surface area contributed by atoms with E-state index in [-0.39, 0.29) is 0 Å². The summed E-state index contributed by atoms with van der Waals surface area (Å²) in [4.78, 5) is 6.56. The Morgan fingerprint density at radius 2 is 2.29 bits per heavy atom. The van der Waals surface area contributed by atoms with Gasteiger partial charge in [0, 0.05) is 13.1 Å².